The molecule has 0 spiro atoms. The lowest BCUT2D eigenvalue weighted by molar-refractivity contribution is 0.465. The summed E-state index contributed by atoms with van der Waals surface area (Å²) in [7, 11) is -4.09. The number of aromatic nitrogens is 2. The largest absolute Gasteiger partial charge is 0.358 e. The summed E-state index contributed by atoms with van der Waals surface area (Å²) in [6.45, 7) is 0. The Bertz CT molecular complexity index is 1240. The van der Waals surface area contributed by atoms with Gasteiger partial charge >= 0.3 is 10.1 Å². The van der Waals surface area contributed by atoms with E-state index in [1.165, 1.54) is 47.1 Å². The molecule has 5 nitrogen and oxygen atoms in total. The Balaban J connectivity index is 1.79. The fourth-order valence-corrected chi connectivity index (χ4v) is 3.88. The monoisotopic (exact) mass is 472 g/mol. The van der Waals surface area contributed by atoms with Crippen molar-refractivity contribution < 1.29 is 17.0 Å². The molecule has 0 radical (unpaired) electrons. The molecule has 0 aliphatic carbocycles. The lowest BCUT2D eigenvalue weighted by atomic mass is 10.2. The molecule has 0 saturated heterocycles. The highest BCUT2D eigenvalue weighted by Crippen LogP contribution is 2.29. The van der Waals surface area contributed by atoms with Crippen LogP contribution < -0.4 is 4.18 Å². The maximum atomic E-state index is 13.3. The minimum Gasteiger partial charge on any atom is -0.358 e. The summed E-state index contributed by atoms with van der Waals surface area (Å²) in [5.41, 5.74) is 1.78. The lowest BCUT2D eigenvalue weighted by Crippen LogP contribution is -2.12. The van der Waals surface area contributed by atoms with Crippen LogP contribution >= 0.6 is 15.9 Å². The Kier molecular flexibility index (Phi) is 5.21. The van der Waals surface area contributed by atoms with Crippen LogP contribution in [0.15, 0.2) is 94.3 Å². The zero-order valence-corrected chi connectivity index (χ0v) is 17.3. The standard InChI is InChI=1S/C21H14BrFN2O3S/c22-16-6-12-19(13-7-16)29(26,27)28-21-14-20(15-4-2-1-3-5-15)24-25(21)18-10-8-17(23)9-11-18/h1-14H. The molecule has 4 rings (SSSR count). The Morgan fingerprint density at radius 2 is 1.55 bits per heavy atom. The molecule has 8 heteroatoms. The number of rotatable bonds is 5. The van der Waals surface area contributed by atoms with Gasteiger partial charge in [0.25, 0.3) is 0 Å². The SMILES string of the molecule is O=S(=O)(Oc1cc(-c2ccccc2)nn1-c1ccc(F)cc1)c1ccc(Br)cc1. The van der Waals surface area contributed by atoms with E-state index in [9.17, 15) is 12.8 Å². The second kappa shape index (κ2) is 7.81. The first-order valence-corrected chi connectivity index (χ1v) is 10.7. The number of hydrogen-bond acceptors (Lipinski definition) is 4. The molecule has 29 heavy (non-hydrogen) atoms. The van der Waals surface area contributed by atoms with Gasteiger partial charge in [-0.05, 0) is 48.5 Å². The van der Waals surface area contributed by atoms with E-state index in [1.54, 1.807) is 12.1 Å². The van der Waals surface area contributed by atoms with Gasteiger partial charge < -0.3 is 4.18 Å². The molecule has 0 aliphatic heterocycles. The van der Waals surface area contributed by atoms with E-state index < -0.39 is 15.9 Å². The van der Waals surface area contributed by atoms with Crippen molar-refractivity contribution >= 4 is 26.0 Å². The molecule has 1 heterocycles. The molecule has 3 aromatic carbocycles. The Morgan fingerprint density at radius 3 is 2.21 bits per heavy atom. The molecule has 0 bridgehead atoms. The zero-order chi connectivity index (χ0) is 20.4. The van der Waals surface area contributed by atoms with Gasteiger partial charge in [0.05, 0.1) is 11.4 Å². The van der Waals surface area contributed by atoms with Crippen molar-refractivity contribution in [1.82, 2.24) is 9.78 Å². The quantitative estimate of drug-likeness (QED) is 0.374. The van der Waals surface area contributed by atoms with Gasteiger partial charge in [0.15, 0.2) is 0 Å². The third-order valence-corrected chi connectivity index (χ3v) is 5.88. The molecule has 0 amide bonds. The summed E-state index contributed by atoms with van der Waals surface area (Å²) < 4.78 is 46.3. The summed E-state index contributed by atoms with van der Waals surface area (Å²) in [6, 6.07) is 22.5. The molecule has 1 aromatic heterocycles. The van der Waals surface area contributed by atoms with Crippen molar-refractivity contribution in [2.24, 2.45) is 0 Å². The van der Waals surface area contributed by atoms with E-state index in [0.29, 0.717) is 11.4 Å². The van der Waals surface area contributed by atoms with E-state index in [0.717, 1.165) is 10.0 Å². The van der Waals surface area contributed by atoms with Gasteiger partial charge in [-0.15, -0.1) is 0 Å². The minimum absolute atomic E-state index is 0.00150. The smallest absolute Gasteiger partial charge is 0.340 e. The van der Waals surface area contributed by atoms with Gasteiger partial charge in [-0.3, -0.25) is 0 Å². The summed E-state index contributed by atoms with van der Waals surface area (Å²) >= 11 is 3.28. The molecule has 0 unspecified atom stereocenters. The molecule has 0 saturated carbocycles. The van der Waals surface area contributed by atoms with E-state index in [1.807, 2.05) is 30.3 Å². The molecule has 0 aliphatic rings. The van der Waals surface area contributed by atoms with Crippen LogP contribution in [0.2, 0.25) is 0 Å². The van der Waals surface area contributed by atoms with Crippen LogP contribution in [0.1, 0.15) is 0 Å². The van der Waals surface area contributed by atoms with Crippen molar-refractivity contribution in [3.8, 4) is 22.8 Å². The lowest BCUT2D eigenvalue weighted by Gasteiger charge is -2.09. The topological polar surface area (TPSA) is 61.2 Å². The minimum atomic E-state index is -4.09. The average molecular weight is 473 g/mol. The number of halogens is 2. The van der Waals surface area contributed by atoms with E-state index >= 15 is 0 Å². The first kappa shape index (κ1) is 19.4. The van der Waals surface area contributed by atoms with Crippen LogP contribution in [0.5, 0.6) is 5.88 Å². The van der Waals surface area contributed by atoms with Crippen LogP contribution in [0, 0.1) is 5.82 Å². The van der Waals surface area contributed by atoms with Crippen LogP contribution in [-0.4, -0.2) is 18.2 Å². The molecule has 146 valence electrons. The predicted molar refractivity (Wildman–Crippen MR) is 111 cm³/mol. The maximum absolute atomic E-state index is 13.3. The fourth-order valence-electron chi connectivity index (χ4n) is 2.70. The average Bonchev–Trinajstić information content (AvgIpc) is 3.12. The number of benzene rings is 3. The molecular formula is C21H14BrFN2O3S. The summed E-state index contributed by atoms with van der Waals surface area (Å²) in [5.74, 6) is -0.410. The molecule has 0 fully saturated rings. The highest BCUT2D eigenvalue weighted by atomic mass is 79.9. The predicted octanol–water partition coefficient (Wildman–Crippen LogP) is 5.21. The second-order valence-electron chi connectivity index (χ2n) is 6.11. The van der Waals surface area contributed by atoms with Crippen LogP contribution in [0.3, 0.4) is 0 Å². The number of hydrogen-bond donors (Lipinski definition) is 0. The summed E-state index contributed by atoms with van der Waals surface area (Å²) in [5, 5.41) is 4.47. The first-order chi connectivity index (χ1) is 13.9. The Morgan fingerprint density at radius 1 is 0.897 bits per heavy atom. The summed E-state index contributed by atoms with van der Waals surface area (Å²) in [6.07, 6.45) is 0. The third kappa shape index (κ3) is 4.23. The van der Waals surface area contributed by atoms with Crippen LogP contribution in [-0.2, 0) is 10.1 Å². The van der Waals surface area contributed by atoms with Crippen molar-refractivity contribution in [3.63, 3.8) is 0 Å². The third-order valence-electron chi connectivity index (χ3n) is 4.11. The highest BCUT2D eigenvalue weighted by molar-refractivity contribution is 9.10. The van der Waals surface area contributed by atoms with Crippen molar-refractivity contribution in [3.05, 3.63) is 95.2 Å². The van der Waals surface area contributed by atoms with E-state index in [2.05, 4.69) is 21.0 Å². The number of nitrogens with zero attached hydrogens (tertiary/aromatic N) is 2. The molecular weight excluding hydrogens is 459 g/mol. The van der Waals surface area contributed by atoms with Gasteiger partial charge in [-0.1, -0.05) is 46.3 Å². The Hall–Kier alpha value is -2.97. The molecule has 4 aromatic rings. The maximum Gasteiger partial charge on any atom is 0.340 e. The fraction of sp³-hybridized carbons (Fsp3) is 0. The van der Waals surface area contributed by atoms with Gasteiger partial charge in [0.2, 0.25) is 5.88 Å². The zero-order valence-electron chi connectivity index (χ0n) is 14.9. The summed E-state index contributed by atoms with van der Waals surface area (Å²) in [4.78, 5) is 0.00816. The van der Waals surface area contributed by atoms with Gasteiger partial charge in [-0.25, -0.2) is 4.39 Å². The van der Waals surface area contributed by atoms with Gasteiger partial charge in [-0.2, -0.15) is 18.2 Å². The van der Waals surface area contributed by atoms with Crippen LogP contribution in [0.25, 0.3) is 16.9 Å². The first-order valence-electron chi connectivity index (χ1n) is 8.54. The van der Waals surface area contributed by atoms with Gasteiger partial charge in [0.1, 0.15) is 10.7 Å². The van der Waals surface area contributed by atoms with Crippen molar-refractivity contribution in [2.75, 3.05) is 0 Å². The Labute approximate surface area is 175 Å². The molecule has 0 N–H and O–H groups in total. The van der Waals surface area contributed by atoms with Crippen molar-refractivity contribution in [1.29, 1.82) is 0 Å². The van der Waals surface area contributed by atoms with Gasteiger partial charge in [0, 0.05) is 16.1 Å². The van der Waals surface area contributed by atoms with Crippen LogP contribution in [0.4, 0.5) is 4.39 Å². The normalized spacial score (nSPS) is 11.4. The van der Waals surface area contributed by atoms with E-state index in [-0.39, 0.29) is 10.8 Å². The highest BCUT2D eigenvalue weighted by Gasteiger charge is 2.21. The molecule has 0 atom stereocenters. The second-order valence-corrected chi connectivity index (χ2v) is 8.58. The van der Waals surface area contributed by atoms with Crippen molar-refractivity contribution in [2.45, 2.75) is 4.90 Å². The van der Waals surface area contributed by atoms with E-state index in [4.69, 9.17) is 4.18 Å².